The number of amides is 1. The first-order valence-electron chi connectivity index (χ1n) is 9.96. The van der Waals surface area contributed by atoms with E-state index >= 15 is 0 Å². The Morgan fingerprint density at radius 1 is 1.24 bits per heavy atom. The van der Waals surface area contributed by atoms with Crippen molar-refractivity contribution in [2.75, 3.05) is 38.3 Å². The molecule has 1 spiro atoms. The zero-order valence-corrected chi connectivity index (χ0v) is 16.8. The van der Waals surface area contributed by atoms with Crippen LogP contribution in [0.1, 0.15) is 37.9 Å². The van der Waals surface area contributed by atoms with Crippen molar-refractivity contribution in [2.24, 2.45) is 0 Å². The molecule has 10 heteroatoms. The molecule has 4 heterocycles. The molecule has 156 valence electrons. The summed E-state index contributed by atoms with van der Waals surface area (Å²) in [5.74, 6) is 2.37. The summed E-state index contributed by atoms with van der Waals surface area (Å²) < 4.78 is 16.6. The maximum absolute atomic E-state index is 12.9. The molecule has 1 amide bonds. The highest BCUT2D eigenvalue weighted by atomic mass is 16.5. The lowest BCUT2D eigenvalue weighted by molar-refractivity contribution is -0.135. The van der Waals surface area contributed by atoms with Crippen molar-refractivity contribution in [1.29, 1.82) is 0 Å². The summed E-state index contributed by atoms with van der Waals surface area (Å²) in [5, 5.41) is 3.90. The van der Waals surface area contributed by atoms with Gasteiger partial charge < -0.3 is 23.8 Å². The molecule has 0 bridgehead atoms. The molecule has 0 atom stereocenters. The molecule has 2 aliphatic rings. The second-order valence-electron chi connectivity index (χ2n) is 7.37. The van der Waals surface area contributed by atoms with Gasteiger partial charge in [0, 0.05) is 38.3 Å². The van der Waals surface area contributed by atoms with Crippen LogP contribution in [0.15, 0.2) is 16.8 Å². The van der Waals surface area contributed by atoms with Gasteiger partial charge in [-0.3, -0.25) is 4.79 Å². The highest BCUT2D eigenvalue weighted by Gasteiger charge is 2.41. The molecular weight excluding hydrogens is 376 g/mol. The maximum Gasteiger partial charge on any atom is 0.246 e. The van der Waals surface area contributed by atoms with Gasteiger partial charge in [0.15, 0.2) is 5.82 Å². The molecule has 0 aliphatic carbocycles. The summed E-state index contributed by atoms with van der Waals surface area (Å²) >= 11 is 0. The molecule has 0 aromatic carbocycles. The predicted octanol–water partition coefficient (Wildman–Crippen LogP) is 1.22. The number of methoxy groups -OCH3 is 1. The quantitative estimate of drug-likeness (QED) is 0.729. The molecule has 0 N–H and O–H groups in total. The Hall–Kier alpha value is -2.75. The zero-order valence-electron chi connectivity index (χ0n) is 16.8. The molecule has 0 saturated carbocycles. The minimum absolute atomic E-state index is 0.0600. The van der Waals surface area contributed by atoms with Gasteiger partial charge in [-0.1, -0.05) is 12.1 Å². The molecule has 0 radical (unpaired) electrons. The minimum atomic E-state index is -0.440. The fourth-order valence-corrected chi connectivity index (χ4v) is 3.80. The molecule has 2 aliphatic heterocycles. The number of carbonyl (C=O) groups is 1. The van der Waals surface area contributed by atoms with Crippen LogP contribution in [0, 0.1) is 0 Å². The van der Waals surface area contributed by atoms with Gasteiger partial charge in [-0.15, -0.1) is 0 Å². The van der Waals surface area contributed by atoms with Crippen LogP contribution in [0.2, 0.25) is 0 Å². The van der Waals surface area contributed by atoms with Gasteiger partial charge in [0.25, 0.3) is 0 Å². The number of anilines is 1. The summed E-state index contributed by atoms with van der Waals surface area (Å²) in [6.45, 7) is 4.76. The average Bonchev–Trinajstić information content (AvgIpc) is 3.15. The minimum Gasteiger partial charge on any atom is -0.481 e. The third-order valence-corrected chi connectivity index (χ3v) is 5.53. The van der Waals surface area contributed by atoms with Crippen LogP contribution in [-0.4, -0.2) is 69.9 Å². The van der Waals surface area contributed by atoms with E-state index in [2.05, 4.69) is 25.0 Å². The molecule has 2 fully saturated rings. The first kappa shape index (κ1) is 19.6. The van der Waals surface area contributed by atoms with Crippen LogP contribution in [-0.2, 0) is 22.5 Å². The van der Waals surface area contributed by atoms with Crippen molar-refractivity contribution in [3.8, 4) is 5.88 Å². The molecule has 29 heavy (non-hydrogen) atoms. The highest BCUT2D eigenvalue weighted by Crippen LogP contribution is 2.33. The van der Waals surface area contributed by atoms with Gasteiger partial charge in [0.1, 0.15) is 6.54 Å². The number of aromatic nitrogens is 4. The lowest BCUT2D eigenvalue weighted by Crippen LogP contribution is -2.47. The maximum atomic E-state index is 12.9. The van der Waals surface area contributed by atoms with E-state index in [0.717, 1.165) is 25.9 Å². The van der Waals surface area contributed by atoms with E-state index in [0.29, 0.717) is 56.1 Å². The van der Waals surface area contributed by atoms with Gasteiger partial charge in [-0.2, -0.15) is 9.97 Å². The van der Waals surface area contributed by atoms with Crippen LogP contribution in [0.4, 0.5) is 5.95 Å². The summed E-state index contributed by atoms with van der Waals surface area (Å²) in [5.41, 5.74) is -0.440. The van der Waals surface area contributed by atoms with E-state index in [4.69, 9.17) is 14.0 Å². The zero-order chi connectivity index (χ0) is 20.3. The largest absolute Gasteiger partial charge is 0.481 e. The molecule has 4 rings (SSSR count). The third kappa shape index (κ3) is 4.31. The Bertz CT molecular complexity index is 849. The number of hydrogen-bond acceptors (Lipinski definition) is 9. The smallest absolute Gasteiger partial charge is 0.246 e. The summed E-state index contributed by atoms with van der Waals surface area (Å²) in [6, 6.07) is 1.73. The summed E-state index contributed by atoms with van der Waals surface area (Å²) in [6.07, 6.45) is 4.24. The molecule has 2 saturated heterocycles. The van der Waals surface area contributed by atoms with Crippen molar-refractivity contribution in [3.63, 3.8) is 0 Å². The Kier molecular flexibility index (Phi) is 5.61. The van der Waals surface area contributed by atoms with Gasteiger partial charge >= 0.3 is 0 Å². The van der Waals surface area contributed by atoms with E-state index in [1.165, 1.54) is 0 Å². The third-order valence-electron chi connectivity index (χ3n) is 5.53. The van der Waals surface area contributed by atoms with Crippen molar-refractivity contribution in [3.05, 3.63) is 24.0 Å². The Labute approximate surface area is 169 Å². The predicted molar refractivity (Wildman–Crippen MR) is 102 cm³/mol. The summed E-state index contributed by atoms with van der Waals surface area (Å²) in [4.78, 5) is 29.8. The van der Waals surface area contributed by atoms with Gasteiger partial charge in [-0.25, -0.2) is 4.98 Å². The van der Waals surface area contributed by atoms with Crippen LogP contribution in [0.25, 0.3) is 0 Å². The molecule has 0 unspecified atom stereocenters. The molecule has 10 nitrogen and oxygen atoms in total. The van der Waals surface area contributed by atoms with E-state index in [1.54, 1.807) is 24.3 Å². The highest BCUT2D eigenvalue weighted by molar-refractivity contribution is 5.77. The van der Waals surface area contributed by atoms with Crippen LogP contribution in [0.5, 0.6) is 5.88 Å². The molecular formula is C19H26N6O4. The lowest BCUT2D eigenvalue weighted by Gasteiger charge is -2.40. The molecule has 2 aromatic heterocycles. The number of hydrogen-bond donors (Lipinski definition) is 0. The second-order valence-corrected chi connectivity index (χ2v) is 7.37. The second kappa shape index (κ2) is 8.32. The SMILES string of the molecule is CCc1noc(CN2CCOC3(CCN(c4nccc(OC)n4)CC3)CC2=O)n1. The van der Waals surface area contributed by atoms with Crippen LogP contribution >= 0.6 is 0 Å². The van der Waals surface area contributed by atoms with Crippen molar-refractivity contribution in [2.45, 2.75) is 44.8 Å². The van der Waals surface area contributed by atoms with E-state index in [1.807, 2.05) is 6.92 Å². The number of ether oxygens (including phenoxy) is 2. The number of nitrogens with zero attached hydrogens (tertiary/aromatic N) is 6. The summed E-state index contributed by atoms with van der Waals surface area (Å²) in [7, 11) is 1.59. The van der Waals surface area contributed by atoms with Crippen molar-refractivity contribution >= 4 is 11.9 Å². The Balaban J connectivity index is 1.38. The van der Waals surface area contributed by atoms with Crippen molar-refractivity contribution < 1.29 is 18.8 Å². The first-order chi connectivity index (χ1) is 14.1. The van der Waals surface area contributed by atoms with E-state index in [9.17, 15) is 4.79 Å². The number of rotatable bonds is 5. The van der Waals surface area contributed by atoms with Gasteiger partial charge in [0.2, 0.25) is 23.6 Å². The fourth-order valence-electron chi connectivity index (χ4n) is 3.80. The fraction of sp³-hybridized carbons (Fsp3) is 0.632. The van der Waals surface area contributed by atoms with E-state index in [-0.39, 0.29) is 5.91 Å². The lowest BCUT2D eigenvalue weighted by atomic mass is 9.87. The van der Waals surface area contributed by atoms with Gasteiger partial charge in [0.05, 0.1) is 25.7 Å². The Morgan fingerprint density at radius 3 is 2.79 bits per heavy atom. The average molecular weight is 402 g/mol. The van der Waals surface area contributed by atoms with Crippen LogP contribution < -0.4 is 9.64 Å². The van der Waals surface area contributed by atoms with Crippen molar-refractivity contribution in [1.82, 2.24) is 25.0 Å². The molecule has 2 aromatic rings. The standard InChI is InChI=1S/C19H26N6O4/c1-3-14-21-16(29-23-14)13-25-10-11-28-19(12-17(25)26)5-8-24(9-6-19)18-20-7-4-15(22-18)27-2/h4,7H,3,5-6,8-13H2,1-2H3. The number of piperidine rings is 1. The number of aryl methyl sites for hydroxylation is 1. The Morgan fingerprint density at radius 2 is 2.07 bits per heavy atom. The first-order valence-corrected chi connectivity index (χ1v) is 9.96. The number of carbonyl (C=O) groups excluding carboxylic acids is 1. The van der Waals surface area contributed by atoms with E-state index < -0.39 is 5.60 Å². The van der Waals surface area contributed by atoms with Crippen LogP contribution in [0.3, 0.4) is 0 Å². The van der Waals surface area contributed by atoms with Gasteiger partial charge in [-0.05, 0) is 12.8 Å². The normalized spacial score (nSPS) is 19.4. The monoisotopic (exact) mass is 402 g/mol. The topological polar surface area (TPSA) is 107 Å².